The molecule has 0 fully saturated rings. The number of nitrogens with zero attached hydrogens (tertiary/aromatic N) is 2. The zero-order valence-electron chi connectivity index (χ0n) is 10.6. The normalized spacial score (nSPS) is 15.3. The third-order valence-electron chi connectivity index (χ3n) is 3.22. The third kappa shape index (κ3) is 2.61. The SMILES string of the molecule is Cc1cc(Br)cc2c1N(CC(=O)O)CCCN2C. The number of hydrogen-bond acceptors (Lipinski definition) is 3. The van der Waals surface area contributed by atoms with Crippen LogP contribution in [0.25, 0.3) is 0 Å². The lowest BCUT2D eigenvalue weighted by atomic mass is 10.1. The maximum Gasteiger partial charge on any atom is 0.323 e. The number of carboxylic acid groups (broad SMARTS) is 1. The summed E-state index contributed by atoms with van der Waals surface area (Å²) < 4.78 is 1.03. The Labute approximate surface area is 115 Å². The Morgan fingerprint density at radius 2 is 2.17 bits per heavy atom. The van der Waals surface area contributed by atoms with Crippen molar-refractivity contribution in [1.29, 1.82) is 0 Å². The molecule has 0 aromatic heterocycles. The van der Waals surface area contributed by atoms with Gasteiger partial charge in [-0.2, -0.15) is 0 Å². The maximum absolute atomic E-state index is 11.0. The van der Waals surface area contributed by atoms with E-state index in [1.165, 1.54) is 0 Å². The van der Waals surface area contributed by atoms with E-state index in [0.29, 0.717) is 0 Å². The first-order valence-corrected chi connectivity index (χ1v) is 6.76. The van der Waals surface area contributed by atoms with Gasteiger partial charge in [0, 0.05) is 24.6 Å². The molecule has 0 aliphatic carbocycles. The number of rotatable bonds is 2. The number of aliphatic carboxylic acids is 1. The first kappa shape index (κ1) is 13.2. The van der Waals surface area contributed by atoms with Gasteiger partial charge in [-0.25, -0.2) is 0 Å². The van der Waals surface area contributed by atoms with Crippen molar-refractivity contribution in [3.63, 3.8) is 0 Å². The van der Waals surface area contributed by atoms with Crippen LogP contribution < -0.4 is 9.80 Å². The molecule has 1 aromatic rings. The molecule has 0 spiro atoms. The van der Waals surface area contributed by atoms with Crippen LogP contribution in [0.5, 0.6) is 0 Å². The van der Waals surface area contributed by atoms with Gasteiger partial charge in [0.15, 0.2) is 0 Å². The fourth-order valence-corrected chi connectivity index (χ4v) is 3.03. The molecule has 1 heterocycles. The Morgan fingerprint density at radius 3 is 2.83 bits per heavy atom. The van der Waals surface area contributed by atoms with E-state index in [-0.39, 0.29) is 6.54 Å². The Kier molecular flexibility index (Phi) is 3.80. The van der Waals surface area contributed by atoms with Gasteiger partial charge in [-0.3, -0.25) is 4.79 Å². The summed E-state index contributed by atoms with van der Waals surface area (Å²) in [5.41, 5.74) is 3.25. The second-order valence-corrected chi connectivity index (χ2v) is 5.60. The number of halogens is 1. The fraction of sp³-hybridized carbons (Fsp3) is 0.462. The quantitative estimate of drug-likeness (QED) is 0.911. The number of fused-ring (bicyclic) bond motifs is 1. The largest absolute Gasteiger partial charge is 0.480 e. The minimum absolute atomic E-state index is 0.0588. The summed E-state index contributed by atoms with van der Waals surface area (Å²) in [5, 5.41) is 9.03. The van der Waals surface area contributed by atoms with E-state index in [9.17, 15) is 4.79 Å². The summed E-state index contributed by atoms with van der Waals surface area (Å²) in [5.74, 6) is -0.784. The van der Waals surface area contributed by atoms with E-state index in [4.69, 9.17) is 5.11 Å². The molecule has 1 aliphatic rings. The van der Waals surface area contributed by atoms with Crippen molar-refractivity contribution < 1.29 is 9.90 Å². The molecule has 1 aliphatic heterocycles. The Morgan fingerprint density at radius 1 is 1.44 bits per heavy atom. The van der Waals surface area contributed by atoms with Gasteiger partial charge in [-0.05, 0) is 31.0 Å². The molecule has 2 rings (SSSR count). The van der Waals surface area contributed by atoms with E-state index < -0.39 is 5.97 Å². The van der Waals surface area contributed by atoms with Gasteiger partial charge in [0.05, 0.1) is 11.4 Å². The van der Waals surface area contributed by atoms with Gasteiger partial charge in [0.1, 0.15) is 6.54 Å². The molecule has 0 unspecified atom stereocenters. The van der Waals surface area contributed by atoms with Crippen LogP contribution in [0.4, 0.5) is 11.4 Å². The van der Waals surface area contributed by atoms with E-state index in [2.05, 4.69) is 33.9 Å². The average Bonchev–Trinajstić information content (AvgIpc) is 2.39. The molecule has 0 atom stereocenters. The highest BCUT2D eigenvalue weighted by Gasteiger charge is 2.22. The molecular formula is C13H17BrN2O2. The molecule has 5 heteroatoms. The topological polar surface area (TPSA) is 43.8 Å². The van der Waals surface area contributed by atoms with Crippen LogP contribution in [0.2, 0.25) is 0 Å². The van der Waals surface area contributed by atoms with E-state index in [1.54, 1.807) is 0 Å². The molecule has 18 heavy (non-hydrogen) atoms. The van der Waals surface area contributed by atoms with Crippen LogP contribution in [-0.2, 0) is 4.79 Å². The number of benzene rings is 1. The van der Waals surface area contributed by atoms with E-state index in [0.717, 1.165) is 40.9 Å². The fourth-order valence-electron chi connectivity index (χ4n) is 2.47. The Bertz CT molecular complexity index is 476. The number of hydrogen-bond donors (Lipinski definition) is 1. The lowest BCUT2D eigenvalue weighted by Gasteiger charge is -2.26. The lowest BCUT2D eigenvalue weighted by Crippen LogP contribution is -2.30. The number of aryl methyl sites for hydroxylation is 1. The summed E-state index contributed by atoms with van der Waals surface area (Å²) in [7, 11) is 2.05. The van der Waals surface area contributed by atoms with Gasteiger partial charge in [-0.15, -0.1) is 0 Å². The first-order valence-electron chi connectivity index (χ1n) is 5.97. The highest BCUT2D eigenvalue weighted by molar-refractivity contribution is 9.10. The van der Waals surface area contributed by atoms with Gasteiger partial charge in [0.25, 0.3) is 0 Å². The van der Waals surface area contributed by atoms with Crippen LogP contribution in [0.3, 0.4) is 0 Å². The maximum atomic E-state index is 11.0. The molecule has 0 bridgehead atoms. The van der Waals surface area contributed by atoms with Crippen molar-refractivity contribution in [3.8, 4) is 0 Å². The van der Waals surface area contributed by atoms with Crippen LogP contribution in [-0.4, -0.2) is 37.8 Å². The Balaban J connectivity index is 2.50. The van der Waals surface area contributed by atoms with Crippen molar-refractivity contribution >= 4 is 33.3 Å². The predicted octanol–water partition coefficient (Wildman–Crippen LogP) is 2.49. The smallest absolute Gasteiger partial charge is 0.323 e. The molecule has 1 N–H and O–H groups in total. The minimum Gasteiger partial charge on any atom is -0.480 e. The summed E-state index contributed by atoms with van der Waals surface area (Å²) in [6.07, 6.45) is 0.968. The molecule has 4 nitrogen and oxygen atoms in total. The summed E-state index contributed by atoms with van der Waals surface area (Å²) >= 11 is 3.50. The lowest BCUT2D eigenvalue weighted by molar-refractivity contribution is -0.135. The molecule has 98 valence electrons. The van der Waals surface area contributed by atoms with Crippen LogP contribution >= 0.6 is 15.9 Å². The van der Waals surface area contributed by atoms with Crippen LogP contribution in [0, 0.1) is 6.92 Å². The highest BCUT2D eigenvalue weighted by Crippen LogP contribution is 2.37. The molecular weight excluding hydrogens is 296 g/mol. The molecule has 0 radical (unpaired) electrons. The van der Waals surface area contributed by atoms with Crippen molar-refractivity contribution in [2.75, 3.05) is 36.5 Å². The molecule has 0 amide bonds. The number of carboxylic acids is 1. The molecule has 0 saturated heterocycles. The van der Waals surface area contributed by atoms with Crippen molar-refractivity contribution in [2.24, 2.45) is 0 Å². The van der Waals surface area contributed by atoms with Gasteiger partial charge < -0.3 is 14.9 Å². The molecule has 1 aromatic carbocycles. The second kappa shape index (κ2) is 5.18. The zero-order chi connectivity index (χ0) is 13.3. The van der Waals surface area contributed by atoms with Crippen molar-refractivity contribution in [2.45, 2.75) is 13.3 Å². The first-order chi connectivity index (χ1) is 8.49. The van der Waals surface area contributed by atoms with Crippen LogP contribution in [0.15, 0.2) is 16.6 Å². The van der Waals surface area contributed by atoms with Gasteiger partial charge in [-0.1, -0.05) is 15.9 Å². The number of anilines is 2. The third-order valence-corrected chi connectivity index (χ3v) is 3.68. The minimum atomic E-state index is -0.784. The Hall–Kier alpha value is -1.23. The van der Waals surface area contributed by atoms with E-state index in [1.807, 2.05) is 17.9 Å². The predicted molar refractivity (Wildman–Crippen MR) is 76.6 cm³/mol. The van der Waals surface area contributed by atoms with Gasteiger partial charge in [0.2, 0.25) is 0 Å². The van der Waals surface area contributed by atoms with Gasteiger partial charge >= 0.3 is 5.97 Å². The summed E-state index contributed by atoms with van der Waals surface area (Å²) in [4.78, 5) is 15.1. The van der Waals surface area contributed by atoms with Crippen molar-refractivity contribution in [3.05, 3.63) is 22.2 Å². The van der Waals surface area contributed by atoms with Crippen LogP contribution in [0.1, 0.15) is 12.0 Å². The molecule has 0 saturated carbocycles. The number of carbonyl (C=O) groups is 1. The average molecular weight is 313 g/mol. The monoisotopic (exact) mass is 312 g/mol. The standard InChI is InChI=1S/C13H17BrN2O2/c1-9-6-10(14)7-11-13(9)16(8-12(17)18)5-3-4-15(11)2/h6-7H,3-5,8H2,1-2H3,(H,17,18). The highest BCUT2D eigenvalue weighted by atomic mass is 79.9. The zero-order valence-corrected chi connectivity index (χ0v) is 12.2. The summed E-state index contributed by atoms with van der Waals surface area (Å²) in [6, 6.07) is 4.09. The second-order valence-electron chi connectivity index (χ2n) is 4.68. The van der Waals surface area contributed by atoms with E-state index >= 15 is 0 Å². The summed E-state index contributed by atoms with van der Waals surface area (Å²) in [6.45, 7) is 3.81. The van der Waals surface area contributed by atoms with Crippen molar-refractivity contribution in [1.82, 2.24) is 0 Å².